The first-order valence-electron chi connectivity index (χ1n) is 8.33. The predicted octanol–water partition coefficient (Wildman–Crippen LogP) is 6.79. The molecule has 0 heterocycles. The van der Waals surface area contributed by atoms with Crippen LogP contribution in [0, 0.1) is 5.41 Å². The number of nitrogens with one attached hydrogen (secondary N) is 1. The van der Waals surface area contributed by atoms with Crippen molar-refractivity contribution in [1.29, 1.82) is 5.41 Å². The highest BCUT2D eigenvalue weighted by Gasteiger charge is 2.21. The Morgan fingerprint density at radius 2 is 1.41 bits per heavy atom. The highest BCUT2D eigenvalue weighted by Crippen LogP contribution is 2.39. The summed E-state index contributed by atoms with van der Waals surface area (Å²) in [5.41, 5.74) is 3.97. The van der Waals surface area contributed by atoms with Crippen LogP contribution in [0.15, 0.2) is 42.5 Å². The Bertz CT molecular complexity index is 1110. The molecule has 0 spiro atoms. The van der Waals surface area contributed by atoms with Crippen LogP contribution in [0.4, 0.5) is 11.4 Å². The van der Waals surface area contributed by atoms with E-state index in [1.165, 1.54) is 16.5 Å². The fourth-order valence-corrected chi connectivity index (χ4v) is 4.08. The van der Waals surface area contributed by atoms with E-state index in [9.17, 15) is 0 Å². The fourth-order valence-electron chi connectivity index (χ4n) is 3.43. The second-order valence-electron chi connectivity index (χ2n) is 6.41. The topological polar surface area (TPSA) is 30.3 Å². The Morgan fingerprint density at radius 1 is 0.778 bits per heavy atom. The van der Waals surface area contributed by atoms with Crippen LogP contribution in [0.5, 0.6) is 0 Å². The Kier molecular flexibility index (Phi) is 4.55. The van der Waals surface area contributed by atoms with Gasteiger partial charge in [0.05, 0.1) is 26.4 Å². The monoisotopic (exact) mass is 415 g/mol. The van der Waals surface area contributed by atoms with E-state index in [1.54, 1.807) is 24.1 Å². The molecule has 6 heteroatoms. The van der Waals surface area contributed by atoms with Crippen LogP contribution in [0.25, 0.3) is 22.9 Å². The molecule has 0 aliphatic heterocycles. The number of hydrogen-bond donors (Lipinski definition) is 1. The van der Waals surface area contributed by atoms with Crippen LogP contribution in [-0.2, 0) is 0 Å². The lowest BCUT2D eigenvalue weighted by Crippen LogP contribution is -2.39. The van der Waals surface area contributed by atoms with E-state index in [1.807, 2.05) is 24.1 Å². The smallest absolute Gasteiger partial charge is 0.202 e. The summed E-state index contributed by atoms with van der Waals surface area (Å²) in [5, 5.41) is 12.0. The van der Waals surface area contributed by atoms with Gasteiger partial charge in [0.15, 0.2) is 0 Å². The zero-order chi connectivity index (χ0) is 19.3. The van der Waals surface area contributed by atoms with Crippen molar-refractivity contribution in [3.05, 3.63) is 68.7 Å². The number of rotatable bonds is 2. The van der Waals surface area contributed by atoms with Crippen LogP contribution in [0.1, 0.15) is 11.1 Å². The van der Waals surface area contributed by atoms with Crippen molar-refractivity contribution in [2.45, 2.75) is 0 Å². The highest BCUT2D eigenvalue weighted by atomic mass is 35.5. The Labute approximate surface area is 172 Å². The third kappa shape index (κ3) is 2.87. The van der Waals surface area contributed by atoms with E-state index in [2.05, 4.69) is 30.4 Å². The van der Waals surface area contributed by atoms with Crippen LogP contribution in [0.3, 0.4) is 0 Å². The molecule has 3 aromatic carbocycles. The summed E-state index contributed by atoms with van der Waals surface area (Å²) in [6.45, 7) is 0. The number of halogens is 3. The maximum atomic E-state index is 8.70. The summed E-state index contributed by atoms with van der Waals surface area (Å²) >= 11 is 18.5. The molecular weight excluding hydrogens is 401 g/mol. The molecule has 136 valence electrons. The largest absolute Gasteiger partial charge is 0.315 e. The van der Waals surface area contributed by atoms with E-state index < -0.39 is 0 Å². The van der Waals surface area contributed by atoms with Gasteiger partial charge in [0.1, 0.15) is 0 Å². The molecule has 27 heavy (non-hydrogen) atoms. The summed E-state index contributed by atoms with van der Waals surface area (Å²) in [7, 11) is 3.66. The summed E-state index contributed by atoms with van der Waals surface area (Å²) in [5.74, 6) is 0.266. The van der Waals surface area contributed by atoms with Gasteiger partial charge in [0.2, 0.25) is 5.96 Å². The van der Waals surface area contributed by atoms with Crippen LogP contribution in [-0.4, -0.2) is 20.1 Å². The molecule has 0 aromatic heterocycles. The van der Waals surface area contributed by atoms with E-state index >= 15 is 0 Å². The molecule has 0 saturated carbocycles. The first-order chi connectivity index (χ1) is 12.9. The summed E-state index contributed by atoms with van der Waals surface area (Å²) in [4.78, 5) is 3.52. The molecule has 3 aromatic rings. The molecule has 0 atom stereocenters. The second-order valence-corrected chi connectivity index (χ2v) is 7.58. The average molecular weight is 417 g/mol. The third-order valence-electron chi connectivity index (χ3n) is 4.90. The number of anilines is 2. The highest BCUT2D eigenvalue weighted by molar-refractivity contribution is 6.49. The molecule has 4 rings (SSSR count). The first-order valence-corrected chi connectivity index (χ1v) is 9.47. The molecule has 1 N–H and O–H groups in total. The van der Waals surface area contributed by atoms with Gasteiger partial charge in [-0.1, -0.05) is 71.2 Å². The van der Waals surface area contributed by atoms with E-state index in [-0.39, 0.29) is 11.0 Å². The van der Waals surface area contributed by atoms with Gasteiger partial charge in [0, 0.05) is 19.5 Å². The predicted molar refractivity (Wildman–Crippen MR) is 119 cm³/mol. The lowest BCUT2D eigenvalue weighted by Gasteiger charge is -2.30. The molecule has 1 aliphatic carbocycles. The average Bonchev–Trinajstić information content (AvgIpc) is 3.10. The van der Waals surface area contributed by atoms with Gasteiger partial charge < -0.3 is 9.80 Å². The SMILES string of the molecule is CN(C(=N)N(C)c1ccc2c3c(cccc13)C=C2)c1ccc(Cl)c(Cl)c1Cl. The molecule has 0 bridgehead atoms. The fraction of sp³-hybridized carbons (Fsp3) is 0.0952. The molecule has 1 aliphatic rings. The molecule has 0 radical (unpaired) electrons. The molecule has 0 unspecified atom stereocenters. The summed E-state index contributed by atoms with van der Waals surface area (Å²) in [6.07, 6.45) is 4.24. The molecule has 0 saturated heterocycles. The minimum atomic E-state index is 0.266. The Morgan fingerprint density at radius 3 is 2.15 bits per heavy atom. The minimum Gasteiger partial charge on any atom is -0.315 e. The maximum absolute atomic E-state index is 8.70. The van der Waals surface area contributed by atoms with Gasteiger partial charge >= 0.3 is 0 Å². The molecular formula is C21H16Cl3N3. The minimum absolute atomic E-state index is 0.266. The van der Waals surface area contributed by atoms with E-state index in [0.717, 1.165) is 11.1 Å². The summed E-state index contributed by atoms with van der Waals surface area (Å²) in [6, 6.07) is 13.8. The van der Waals surface area contributed by atoms with Gasteiger partial charge in [-0.15, -0.1) is 0 Å². The normalized spacial score (nSPS) is 11.9. The quantitative estimate of drug-likeness (QED) is 0.221. The standard InChI is InChI=1S/C21H16Cl3N3/c1-26(21(25)27(2)17-11-9-15(22)19(23)20(17)24)16-10-8-13-7-6-12-4-3-5-14(16)18(12)13/h3-11,25H,1-2H3. The molecule has 3 nitrogen and oxygen atoms in total. The van der Waals surface area contributed by atoms with Gasteiger partial charge in [-0.2, -0.15) is 0 Å². The van der Waals surface area contributed by atoms with Gasteiger partial charge in [-0.05, 0) is 34.7 Å². The second kappa shape index (κ2) is 6.75. The van der Waals surface area contributed by atoms with Crippen LogP contribution in [0.2, 0.25) is 15.1 Å². The van der Waals surface area contributed by atoms with E-state index in [4.69, 9.17) is 40.2 Å². The van der Waals surface area contributed by atoms with Crippen LogP contribution < -0.4 is 9.80 Å². The molecule has 0 fully saturated rings. The Hall–Kier alpha value is -2.20. The van der Waals surface area contributed by atoms with Gasteiger partial charge in [-0.25, -0.2) is 0 Å². The van der Waals surface area contributed by atoms with Gasteiger partial charge in [-0.3, -0.25) is 5.41 Å². The number of hydrogen-bond acceptors (Lipinski definition) is 1. The van der Waals surface area contributed by atoms with Crippen molar-refractivity contribution in [3.63, 3.8) is 0 Å². The summed E-state index contributed by atoms with van der Waals surface area (Å²) < 4.78 is 0. The van der Waals surface area contributed by atoms with Crippen molar-refractivity contribution >= 4 is 75.1 Å². The zero-order valence-corrected chi connectivity index (χ0v) is 17.0. The third-order valence-corrected chi connectivity index (χ3v) is 6.18. The van der Waals surface area contributed by atoms with Crippen molar-refractivity contribution in [1.82, 2.24) is 0 Å². The lowest BCUT2D eigenvalue weighted by molar-refractivity contribution is 1.12. The van der Waals surface area contributed by atoms with Crippen molar-refractivity contribution in [2.24, 2.45) is 0 Å². The van der Waals surface area contributed by atoms with Crippen molar-refractivity contribution < 1.29 is 0 Å². The van der Waals surface area contributed by atoms with Crippen LogP contribution >= 0.6 is 34.8 Å². The number of guanidine groups is 1. The first kappa shape index (κ1) is 18.2. The van der Waals surface area contributed by atoms with Crippen molar-refractivity contribution in [2.75, 3.05) is 23.9 Å². The number of benzene rings is 3. The van der Waals surface area contributed by atoms with E-state index in [0.29, 0.717) is 15.7 Å². The zero-order valence-electron chi connectivity index (χ0n) is 14.7. The maximum Gasteiger partial charge on any atom is 0.202 e. The van der Waals surface area contributed by atoms with Crippen molar-refractivity contribution in [3.8, 4) is 0 Å². The molecule has 0 amide bonds. The Balaban J connectivity index is 1.74. The van der Waals surface area contributed by atoms with Gasteiger partial charge in [0.25, 0.3) is 0 Å². The lowest BCUT2D eigenvalue weighted by atomic mass is 10.0. The number of nitrogens with zero attached hydrogens (tertiary/aromatic N) is 2.